The third-order valence-corrected chi connectivity index (χ3v) is 0.809. The zero-order valence-electron chi connectivity index (χ0n) is 8.43. The van der Waals surface area contributed by atoms with Crippen LogP contribution in [0.1, 0.15) is 5.48 Å². The maximum Gasteiger partial charge on any atom is 0.188 e. The van der Waals surface area contributed by atoms with Crippen LogP contribution in [0.25, 0.3) is 0 Å². The summed E-state index contributed by atoms with van der Waals surface area (Å²) in [6.07, 6.45) is 0.389. The third-order valence-electron chi connectivity index (χ3n) is 0.809. The summed E-state index contributed by atoms with van der Waals surface area (Å²) in [5.41, 5.74) is -0.411. The third kappa shape index (κ3) is 1.08. The Morgan fingerprint density at radius 1 is 1.56 bits per heavy atom. The molecule has 0 amide bonds. The molecule has 46 valence electrons. The molecule has 0 aromatic rings. The van der Waals surface area contributed by atoms with Gasteiger partial charge in [0.2, 0.25) is 0 Å². The molecular weight excluding hydrogens is 116 g/mol. The van der Waals surface area contributed by atoms with Crippen molar-refractivity contribution in [2.45, 2.75) is 0 Å². The highest BCUT2D eigenvalue weighted by atomic mass is 16.2. The van der Waals surface area contributed by atoms with Gasteiger partial charge in [0.1, 0.15) is 0 Å². The van der Waals surface area contributed by atoms with Crippen molar-refractivity contribution < 1.29 is 15.4 Å². The quantitative estimate of drug-likeness (QED) is 0.390. The molecular formula is C7H6O2. The van der Waals surface area contributed by atoms with Crippen molar-refractivity contribution in [1.82, 2.24) is 0 Å². The van der Waals surface area contributed by atoms with Gasteiger partial charge in [0.05, 0.1) is 17.3 Å². The molecule has 1 aliphatic rings. The van der Waals surface area contributed by atoms with Crippen LogP contribution >= 0.6 is 0 Å². The van der Waals surface area contributed by atoms with Crippen LogP contribution in [0.3, 0.4) is 0 Å². The first-order chi connectivity index (χ1) is 6.00. The molecule has 0 fully saturated rings. The lowest BCUT2D eigenvalue weighted by molar-refractivity contribution is -0.111. The second-order valence-corrected chi connectivity index (χ2v) is 1.37. The first kappa shape index (κ1) is 2.52. The van der Waals surface area contributed by atoms with E-state index >= 15 is 0 Å². The van der Waals surface area contributed by atoms with Crippen molar-refractivity contribution in [3.05, 3.63) is 36.0 Å². The predicted octanol–water partition coefficient (Wildman–Crippen LogP) is 1.12. The summed E-state index contributed by atoms with van der Waals surface area (Å²) in [5, 5.41) is 8.57. The molecule has 0 aromatic heterocycles. The highest BCUT2D eigenvalue weighted by molar-refractivity contribution is 6.07. The first-order valence-electron chi connectivity index (χ1n) is 4.25. The van der Waals surface area contributed by atoms with Crippen molar-refractivity contribution in [1.29, 1.82) is 0 Å². The largest absolute Gasteiger partial charge is 0.515 e. The Hall–Kier alpha value is -1.31. The summed E-state index contributed by atoms with van der Waals surface area (Å²) in [6, 6.07) is -2.29. The SMILES string of the molecule is [2H]C1=C([2H])C([2H])=C([2H])/C(=C\O)C1=O. The molecule has 1 rings (SSSR count). The lowest BCUT2D eigenvalue weighted by Gasteiger charge is -1.95. The van der Waals surface area contributed by atoms with Crippen LogP contribution in [-0.2, 0) is 4.79 Å². The number of rotatable bonds is 0. The molecule has 0 spiro atoms. The molecule has 1 aliphatic carbocycles. The van der Waals surface area contributed by atoms with Crippen molar-refractivity contribution in [2.24, 2.45) is 0 Å². The molecule has 1 N–H and O–H groups in total. The van der Waals surface area contributed by atoms with E-state index in [1.54, 1.807) is 0 Å². The smallest absolute Gasteiger partial charge is 0.188 e. The molecule has 0 aliphatic heterocycles. The van der Waals surface area contributed by atoms with E-state index in [-0.39, 0.29) is 0 Å². The van der Waals surface area contributed by atoms with Crippen molar-refractivity contribution in [3.63, 3.8) is 0 Å². The minimum atomic E-state index is -0.895. The Kier molecular flexibility index (Phi) is 0.646. The zero-order chi connectivity index (χ0) is 10.2. The van der Waals surface area contributed by atoms with Gasteiger partial charge in [-0.2, -0.15) is 0 Å². The number of carbonyl (C=O) groups is 1. The number of hydrogen-bond acceptors (Lipinski definition) is 2. The monoisotopic (exact) mass is 126 g/mol. The van der Waals surface area contributed by atoms with Crippen LogP contribution < -0.4 is 0 Å². The van der Waals surface area contributed by atoms with E-state index in [0.717, 1.165) is 0 Å². The van der Waals surface area contributed by atoms with Gasteiger partial charge in [-0.15, -0.1) is 0 Å². The Labute approximate surface area is 58.4 Å². The van der Waals surface area contributed by atoms with Gasteiger partial charge in [0.15, 0.2) is 5.78 Å². The fourth-order valence-electron chi connectivity index (χ4n) is 0.402. The molecule has 2 heteroatoms. The molecule has 0 saturated carbocycles. The average Bonchev–Trinajstić information content (AvgIpc) is 2.13. The average molecular weight is 126 g/mol. The van der Waals surface area contributed by atoms with E-state index in [0.29, 0.717) is 6.26 Å². The van der Waals surface area contributed by atoms with E-state index < -0.39 is 35.6 Å². The lowest BCUT2D eigenvalue weighted by Crippen LogP contribution is -1.97. The van der Waals surface area contributed by atoms with Gasteiger partial charge in [-0.3, -0.25) is 4.79 Å². The number of aliphatic hydroxyl groups excluding tert-OH is 1. The lowest BCUT2D eigenvalue weighted by atomic mass is 10.1. The standard InChI is InChI=1S/C7H6O2/c8-5-6-3-1-2-4-7(6)9/h1-5,8H/b6-5+/i1D,2D,3D,4D. The number of carbonyl (C=O) groups excluding carboxylic acids is 1. The Balaban J connectivity index is 3.41. The second-order valence-electron chi connectivity index (χ2n) is 1.37. The molecule has 0 radical (unpaired) electrons. The number of aliphatic hydroxyl groups is 1. The highest BCUT2D eigenvalue weighted by Crippen LogP contribution is 2.03. The van der Waals surface area contributed by atoms with Gasteiger partial charge < -0.3 is 5.11 Å². The van der Waals surface area contributed by atoms with Gasteiger partial charge in [-0.1, -0.05) is 12.1 Å². The van der Waals surface area contributed by atoms with E-state index in [1.807, 2.05) is 0 Å². The zero-order valence-corrected chi connectivity index (χ0v) is 4.43. The van der Waals surface area contributed by atoms with Crippen LogP contribution in [0.15, 0.2) is 36.0 Å². The van der Waals surface area contributed by atoms with E-state index in [2.05, 4.69) is 0 Å². The fourth-order valence-corrected chi connectivity index (χ4v) is 0.402. The normalized spacial score (nSPS) is 32.0. The van der Waals surface area contributed by atoms with Crippen LogP contribution in [0.2, 0.25) is 0 Å². The van der Waals surface area contributed by atoms with Crippen molar-refractivity contribution in [3.8, 4) is 0 Å². The van der Waals surface area contributed by atoms with Gasteiger partial charge in [-0.25, -0.2) is 0 Å². The summed E-state index contributed by atoms with van der Waals surface area (Å²) < 4.78 is 28.6. The van der Waals surface area contributed by atoms with Gasteiger partial charge in [-0.05, 0) is 12.1 Å². The highest BCUT2D eigenvalue weighted by Gasteiger charge is 2.03. The van der Waals surface area contributed by atoms with E-state index in [1.165, 1.54) is 0 Å². The fraction of sp³-hybridized carbons (Fsp3) is 0. The van der Waals surface area contributed by atoms with Crippen molar-refractivity contribution in [2.75, 3.05) is 0 Å². The van der Waals surface area contributed by atoms with Crippen molar-refractivity contribution >= 4 is 5.78 Å². The van der Waals surface area contributed by atoms with Crippen LogP contribution in [0, 0.1) is 0 Å². The number of ketones is 1. The van der Waals surface area contributed by atoms with E-state index in [4.69, 9.17) is 10.6 Å². The molecule has 0 heterocycles. The summed E-state index contributed by atoms with van der Waals surface area (Å²) in [4.78, 5) is 11.1. The van der Waals surface area contributed by atoms with Crippen LogP contribution in [-0.4, -0.2) is 10.9 Å². The Morgan fingerprint density at radius 3 is 2.89 bits per heavy atom. The van der Waals surface area contributed by atoms with Crippen LogP contribution in [0.4, 0.5) is 0 Å². The topological polar surface area (TPSA) is 37.3 Å². The predicted molar refractivity (Wildman–Crippen MR) is 34.0 cm³/mol. The first-order valence-corrected chi connectivity index (χ1v) is 2.25. The molecule has 0 aromatic carbocycles. The maximum atomic E-state index is 11.1. The van der Waals surface area contributed by atoms with Gasteiger partial charge >= 0.3 is 0 Å². The summed E-state index contributed by atoms with van der Waals surface area (Å²) >= 11 is 0. The number of hydrogen-bond donors (Lipinski definition) is 1. The molecule has 0 unspecified atom stereocenters. The minimum Gasteiger partial charge on any atom is -0.515 e. The minimum absolute atomic E-state index is 0.389. The van der Waals surface area contributed by atoms with E-state index in [9.17, 15) is 4.79 Å². The molecule has 0 bridgehead atoms. The summed E-state index contributed by atoms with van der Waals surface area (Å²) in [6.45, 7) is 0. The molecule has 0 saturated heterocycles. The van der Waals surface area contributed by atoms with Gasteiger partial charge in [0.25, 0.3) is 0 Å². The summed E-state index contributed by atoms with van der Waals surface area (Å²) in [7, 11) is 0. The number of allylic oxidation sites excluding steroid dienone is 5. The molecule has 2 nitrogen and oxygen atoms in total. The maximum absolute atomic E-state index is 11.1. The Morgan fingerprint density at radius 2 is 2.22 bits per heavy atom. The Bertz CT molecular complexity index is 361. The summed E-state index contributed by atoms with van der Waals surface area (Å²) in [5.74, 6) is -0.895. The van der Waals surface area contributed by atoms with Crippen LogP contribution in [0.5, 0.6) is 0 Å². The second kappa shape index (κ2) is 2.31. The molecule has 9 heavy (non-hydrogen) atoms. The molecule has 0 atom stereocenters. The van der Waals surface area contributed by atoms with Gasteiger partial charge in [0, 0.05) is 0 Å².